The standard InChI is InChI=1S/C11H21NO4S/c1-5-17(14,15)12-8-6-7-9(12)10(13)16-11(2,3)4/h9H,5-8H2,1-4H3/t9-/m0/s1. The third-order valence-electron chi connectivity index (χ3n) is 2.60. The zero-order valence-electron chi connectivity index (χ0n) is 10.9. The number of nitrogens with zero attached hydrogens (tertiary/aromatic N) is 1. The molecule has 1 rings (SSSR count). The fraction of sp³-hybridized carbons (Fsp3) is 0.909. The molecule has 6 heteroatoms. The van der Waals surface area contributed by atoms with Crippen LogP contribution >= 0.6 is 0 Å². The number of rotatable bonds is 3. The van der Waals surface area contributed by atoms with Gasteiger partial charge in [-0.05, 0) is 40.5 Å². The van der Waals surface area contributed by atoms with Gasteiger partial charge in [-0.2, -0.15) is 4.31 Å². The first-order chi connectivity index (χ1) is 7.67. The van der Waals surface area contributed by atoms with Crippen molar-refractivity contribution in [3.8, 4) is 0 Å². The summed E-state index contributed by atoms with van der Waals surface area (Å²) in [5, 5.41) is 0. The fourth-order valence-corrected chi connectivity index (χ4v) is 3.16. The topological polar surface area (TPSA) is 63.7 Å². The van der Waals surface area contributed by atoms with Gasteiger partial charge in [-0.25, -0.2) is 8.42 Å². The quantitative estimate of drug-likeness (QED) is 0.716. The van der Waals surface area contributed by atoms with Crippen molar-refractivity contribution in [2.24, 2.45) is 0 Å². The lowest BCUT2D eigenvalue weighted by molar-refractivity contribution is -0.158. The van der Waals surface area contributed by atoms with Gasteiger partial charge in [0.2, 0.25) is 10.0 Å². The number of ether oxygens (including phenoxy) is 1. The second-order valence-corrected chi connectivity index (χ2v) is 7.41. The smallest absolute Gasteiger partial charge is 0.324 e. The van der Waals surface area contributed by atoms with Crippen molar-refractivity contribution >= 4 is 16.0 Å². The van der Waals surface area contributed by atoms with E-state index in [0.29, 0.717) is 19.4 Å². The summed E-state index contributed by atoms with van der Waals surface area (Å²) in [6.07, 6.45) is 1.26. The molecule has 17 heavy (non-hydrogen) atoms. The van der Waals surface area contributed by atoms with E-state index >= 15 is 0 Å². The van der Waals surface area contributed by atoms with E-state index in [9.17, 15) is 13.2 Å². The van der Waals surface area contributed by atoms with E-state index in [1.54, 1.807) is 27.7 Å². The molecular weight excluding hydrogens is 242 g/mol. The van der Waals surface area contributed by atoms with Crippen LogP contribution in [0.5, 0.6) is 0 Å². The lowest BCUT2D eigenvalue weighted by atomic mass is 10.2. The lowest BCUT2D eigenvalue weighted by Crippen LogP contribution is -2.44. The summed E-state index contributed by atoms with van der Waals surface area (Å²) in [7, 11) is -3.32. The van der Waals surface area contributed by atoms with Crippen LogP contribution in [0.2, 0.25) is 0 Å². The van der Waals surface area contributed by atoms with Crippen molar-refractivity contribution < 1.29 is 17.9 Å². The molecule has 1 fully saturated rings. The minimum absolute atomic E-state index is 0.0201. The average molecular weight is 263 g/mol. The van der Waals surface area contributed by atoms with Crippen molar-refractivity contribution in [3.63, 3.8) is 0 Å². The van der Waals surface area contributed by atoms with Crippen LogP contribution < -0.4 is 0 Å². The summed E-state index contributed by atoms with van der Waals surface area (Å²) in [6, 6.07) is -0.640. The molecule has 5 nitrogen and oxygen atoms in total. The van der Waals surface area contributed by atoms with Crippen molar-refractivity contribution in [2.75, 3.05) is 12.3 Å². The highest BCUT2D eigenvalue weighted by molar-refractivity contribution is 7.89. The van der Waals surface area contributed by atoms with Gasteiger partial charge in [0, 0.05) is 6.54 Å². The molecule has 0 spiro atoms. The number of hydrogen-bond donors (Lipinski definition) is 0. The van der Waals surface area contributed by atoms with Crippen molar-refractivity contribution in [3.05, 3.63) is 0 Å². The van der Waals surface area contributed by atoms with Crippen molar-refractivity contribution in [1.29, 1.82) is 0 Å². The molecule has 0 aromatic heterocycles. The first kappa shape index (κ1) is 14.4. The van der Waals surface area contributed by atoms with E-state index in [4.69, 9.17) is 4.74 Å². The van der Waals surface area contributed by atoms with Gasteiger partial charge in [-0.15, -0.1) is 0 Å². The van der Waals surface area contributed by atoms with Gasteiger partial charge in [-0.3, -0.25) is 4.79 Å². The maximum atomic E-state index is 11.9. The molecule has 100 valence electrons. The Balaban J connectivity index is 2.80. The van der Waals surface area contributed by atoms with Crippen LogP contribution in [-0.4, -0.2) is 42.6 Å². The summed E-state index contributed by atoms with van der Waals surface area (Å²) < 4.78 is 30.1. The molecule has 0 unspecified atom stereocenters. The molecular formula is C11H21NO4S. The monoisotopic (exact) mass is 263 g/mol. The SMILES string of the molecule is CCS(=O)(=O)N1CCC[C@H]1C(=O)OC(C)(C)C. The third-order valence-corrected chi connectivity index (χ3v) is 4.49. The molecule has 0 saturated carbocycles. The second-order valence-electron chi connectivity index (χ2n) is 5.20. The first-order valence-electron chi connectivity index (χ1n) is 5.90. The van der Waals surface area contributed by atoms with Gasteiger partial charge in [0.1, 0.15) is 11.6 Å². The predicted octanol–water partition coefficient (Wildman–Crippen LogP) is 1.14. The largest absolute Gasteiger partial charge is 0.459 e. The second kappa shape index (κ2) is 4.94. The molecule has 1 heterocycles. The van der Waals surface area contributed by atoms with Gasteiger partial charge < -0.3 is 4.74 Å². The highest BCUT2D eigenvalue weighted by atomic mass is 32.2. The molecule has 0 N–H and O–H groups in total. The van der Waals surface area contributed by atoms with Crippen LogP contribution in [0.3, 0.4) is 0 Å². The summed E-state index contributed by atoms with van der Waals surface area (Å²) in [5.41, 5.74) is -0.582. The molecule has 1 aliphatic rings. The Morgan fingerprint density at radius 2 is 2.00 bits per heavy atom. The molecule has 0 aromatic rings. The van der Waals surface area contributed by atoms with Crippen LogP contribution in [0.4, 0.5) is 0 Å². The average Bonchev–Trinajstić information content (AvgIpc) is 2.63. The molecule has 1 saturated heterocycles. The summed E-state index contributed by atoms with van der Waals surface area (Å²) in [5.74, 6) is -0.418. The normalized spacial score (nSPS) is 22.7. The molecule has 0 bridgehead atoms. The zero-order chi connectivity index (χ0) is 13.3. The van der Waals surface area contributed by atoms with E-state index in [1.807, 2.05) is 0 Å². The Morgan fingerprint density at radius 3 is 2.47 bits per heavy atom. The van der Waals surface area contributed by atoms with Crippen LogP contribution in [0.1, 0.15) is 40.5 Å². The predicted molar refractivity (Wildman–Crippen MR) is 65.0 cm³/mol. The molecule has 0 amide bonds. The van der Waals surface area contributed by atoms with E-state index in [-0.39, 0.29) is 5.75 Å². The summed E-state index contributed by atoms with van der Waals surface area (Å²) in [4.78, 5) is 11.9. The van der Waals surface area contributed by atoms with Crippen molar-refractivity contribution in [1.82, 2.24) is 4.31 Å². The van der Waals surface area contributed by atoms with E-state index < -0.39 is 27.6 Å². The van der Waals surface area contributed by atoms with Gasteiger partial charge in [0.15, 0.2) is 0 Å². The first-order valence-corrected chi connectivity index (χ1v) is 7.50. The van der Waals surface area contributed by atoms with Crippen LogP contribution in [0.15, 0.2) is 0 Å². The van der Waals surface area contributed by atoms with Gasteiger partial charge in [0.05, 0.1) is 5.75 Å². The molecule has 0 radical (unpaired) electrons. The number of sulfonamides is 1. The maximum absolute atomic E-state index is 11.9. The Bertz CT molecular complexity index is 383. The third kappa shape index (κ3) is 3.67. The minimum Gasteiger partial charge on any atom is -0.459 e. The van der Waals surface area contributed by atoms with Crippen LogP contribution in [0, 0.1) is 0 Å². The molecule has 0 aromatic carbocycles. The highest BCUT2D eigenvalue weighted by Gasteiger charge is 2.39. The van der Waals surface area contributed by atoms with E-state index in [1.165, 1.54) is 4.31 Å². The summed E-state index contributed by atoms with van der Waals surface area (Å²) >= 11 is 0. The number of carbonyl (C=O) groups excluding carboxylic acids is 1. The lowest BCUT2D eigenvalue weighted by Gasteiger charge is -2.26. The summed E-state index contributed by atoms with van der Waals surface area (Å²) in [6.45, 7) is 7.33. The Hall–Kier alpha value is -0.620. The molecule has 1 atom stereocenters. The number of esters is 1. The van der Waals surface area contributed by atoms with Crippen molar-refractivity contribution in [2.45, 2.75) is 52.2 Å². The number of carbonyl (C=O) groups is 1. The minimum atomic E-state index is -3.32. The van der Waals surface area contributed by atoms with Gasteiger partial charge in [0.25, 0.3) is 0 Å². The Labute approximate surface area is 103 Å². The highest BCUT2D eigenvalue weighted by Crippen LogP contribution is 2.24. The molecule has 1 aliphatic heterocycles. The fourth-order valence-electron chi connectivity index (χ4n) is 1.84. The zero-order valence-corrected chi connectivity index (χ0v) is 11.7. The number of hydrogen-bond acceptors (Lipinski definition) is 4. The molecule has 0 aliphatic carbocycles. The van der Waals surface area contributed by atoms with Gasteiger partial charge in [-0.1, -0.05) is 0 Å². The maximum Gasteiger partial charge on any atom is 0.324 e. The Kier molecular flexibility index (Phi) is 4.19. The van der Waals surface area contributed by atoms with Gasteiger partial charge >= 0.3 is 5.97 Å². The van der Waals surface area contributed by atoms with E-state index in [2.05, 4.69) is 0 Å². The van der Waals surface area contributed by atoms with Crippen LogP contribution in [0.25, 0.3) is 0 Å². The Morgan fingerprint density at radius 1 is 1.41 bits per heavy atom. The van der Waals surface area contributed by atoms with Crippen LogP contribution in [-0.2, 0) is 19.6 Å². The van der Waals surface area contributed by atoms with E-state index in [0.717, 1.165) is 0 Å².